The van der Waals surface area contributed by atoms with Crippen molar-refractivity contribution in [1.82, 2.24) is 0 Å². The van der Waals surface area contributed by atoms with Crippen molar-refractivity contribution in [2.45, 2.75) is 12.8 Å². The number of phenols is 3. The van der Waals surface area contributed by atoms with Gasteiger partial charge in [-0.25, -0.2) is 0 Å². The summed E-state index contributed by atoms with van der Waals surface area (Å²) < 4.78 is 0. The molecule has 0 radical (unpaired) electrons. The van der Waals surface area contributed by atoms with Crippen LogP contribution in [0.5, 0.6) is 17.2 Å². The average Bonchev–Trinajstić information content (AvgIpc) is 2.47. The second-order valence-corrected chi connectivity index (χ2v) is 4.94. The summed E-state index contributed by atoms with van der Waals surface area (Å²) in [7, 11) is 0. The highest BCUT2D eigenvalue weighted by atomic mass is 16.4. The fourth-order valence-corrected chi connectivity index (χ4v) is 2.07. The number of carboxylic acids is 1. The number of rotatable bonds is 5. The Morgan fingerprint density at radius 1 is 0.957 bits per heavy atom. The van der Waals surface area contributed by atoms with Crippen LogP contribution in [-0.4, -0.2) is 32.3 Å². The summed E-state index contributed by atoms with van der Waals surface area (Å²) in [6.45, 7) is 0. The Hall–Kier alpha value is -3.22. The zero-order valence-corrected chi connectivity index (χ0v) is 12.0. The zero-order chi connectivity index (χ0) is 17.0. The lowest BCUT2D eigenvalue weighted by Crippen LogP contribution is -2.14. The topological polar surface area (TPSA) is 127 Å². The lowest BCUT2D eigenvalue weighted by molar-refractivity contribution is -0.136. The van der Waals surface area contributed by atoms with Crippen LogP contribution < -0.4 is 5.32 Å². The summed E-state index contributed by atoms with van der Waals surface area (Å²) in [5.74, 6) is -3.15. The molecule has 0 aromatic heterocycles. The van der Waals surface area contributed by atoms with Crippen molar-refractivity contribution in [3.05, 3.63) is 47.5 Å². The number of anilines is 1. The Labute approximate surface area is 131 Å². The minimum Gasteiger partial charge on any atom is -0.504 e. The number of amides is 1. The molecule has 7 heteroatoms. The number of carboxylic acid groups (broad SMARTS) is 1. The Kier molecular flexibility index (Phi) is 4.70. The van der Waals surface area contributed by atoms with Gasteiger partial charge in [0.2, 0.25) is 11.7 Å². The smallest absolute Gasteiger partial charge is 0.307 e. The highest BCUT2D eigenvalue weighted by Crippen LogP contribution is 2.37. The van der Waals surface area contributed by atoms with Crippen LogP contribution in [0.4, 0.5) is 5.69 Å². The third-order valence-electron chi connectivity index (χ3n) is 3.13. The Morgan fingerprint density at radius 3 is 2.39 bits per heavy atom. The first-order chi connectivity index (χ1) is 10.9. The van der Waals surface area contributed by atoms with Crippen LogP contribution in [0.25, 0.3) is 0 Å². The van der Waals surface area contributed by atoms with Gasteiger partial charge in [0.25, 0.3) is 0 Å². The molecule has 0 spiro atoms. The molecule has 5 N–H and O–H groups in total. The molecule has 7 nitrogen and oxygen atoms in total. The lowest BCUT2D eigenvalue weighted by Gasteiger charge is -2.09. The van der Waals surface area contributed by atoms with E-state index in [4.69, 9.17) is 5.11 Å². The molecule has 2 rings (SSSR count). The van der Waals surface area contributed by atoms with E-state index in [0.29, 0.717) is 11.3 Å². The van der Waals surface area contributed by atoms with Crippen LogP contribution in [0.2, 0.25) is 0 Å². The molecule has 0 bridgehead atoms. The quantitative estimate of drug-likeness (QED) is 0.533. The fraction of sp³-hybridized carbons (Fsp3) is 0.125. The molecule has 0 heterocycles. The predicted molar refractivity (Wildman–Crippen MR) is 81.6 cm³/mol. The molecule has 2 aromatic rings. The van der Waals surface area contributed by atoms with Crippen molar-refractivity contribution >= 4 is 17.6 Å². The standard InChI is InChI=1S/C16H15NO6/c18-12-5-4-10(15(22)16(12)23)8-13(19)17-11-3-1-2-9(6-11)7-14(20)21/h1-6,18,22-23H,7-8H2,(H,17,19)(H,20,21). The third kappa shape index (κ3) is 4.13. The van der Waals surface area contributed by atoms with Crippen LogP contribution in [0.1, 0.15) is 11.1 Å². The maximum absolute atomic E-state index is 12.0. The molecule has 0 saturated carbocycles. The van der Waals surface area contributed by atoms with E-state index in [9.17, 15) is 24.9 Å². The van der Waals surface area contributed by atoms with Gasteiger partial charge in [-0.3, -0.25) is 9.59 Å². The summed E-state index contributed by atoms with van der Waals surface area (Å²) in [5, 5.41) is 39.7. The van der Waals surface area contributed by atoms with Crippen molar-refractivity contribution < 1.29 is 30.0 Å². The van der Waals surface area contributed by atoms with Crippen LogP contribution in [0.3, 0.4) is 0 Å². The number of carbonyl (C=O) groups is 2. The lowest BCUT2D eigenvalue weighted by atomic mass is 10.1. The molecule has 120 valence electrons. The van der Waals surface area contributed by atoms with Gasteiger partial charge in [-0.1, -0.05) is 18.2 Å². The number of benzene rings is 2. The normalized spacial score (nSPS) is 10.3. The number of aliphatic carboxylic acids is 1. The number of phenolic OH excluding ortho intramolecular Hbond substituents is 3. The molecule has 1 amide bonds. The van der Waals surface area contributed by atoms with Gasteiger partial charge in [-0.15, -0.1) is 0 Å². The molecular formula is C16H15NO6. The summed E-state index contributed by atoms with van der Waals surface area (Å²) in [6, 6.07) is 8.90. The van der Waals surface area contributed by atoms with E-state index in [1.165, 1.54) is 12.1 Å². The Bertz CT molecular complexity index is 756. The van der Waals surface area contributed by atoms with E-state index in [-0.39, 0.29) is 18.4 Å². The van der Waals surface area contributed by atoms with Gasteiger partial charge >= 0.3 is 5.97 Å². The minimum absolute atomic E-state index is 0.152. The van der Waals surface area contributed by atoms with Gasteiger partial charge in [-0.05, 0) is 23.8 Å². The molecule has 0 aliphatic carbocycles. The van der Waals surface area contributed by atoms with Crippen LogP contribution >= 0.6 is 0 Å². The molecule has 23 heavy (non-hydrogen) atoms. The molecule has 0 atom stereocenters. The first-order valence-corrected chi connectivity index (χ1v) is 6.70. The predicted octanol–water partition coefficient (Wildman–Crippen LogP) is 1.61. The number of hydrogen-bond donors (Lipinski definition) is 5. The fourth-order valence-electron chi connectivity index (χ4n) is 2.07. The summed E-state index contributed by atoms with van der Waals surface area (Å²) in [4.78, 5) is 22.7. The van der Waals surface area contributed by atoms with Crippen molar-refractivity contribution in [1.29, 1.82) is 0 Å². The molecule has 0 fully saturated rings. The number of hydrogen-bond acceptors (Lipinski definition) is 5. The minimum atomic E-state index is -0.974. The first-order valence-electron chi connectivity index (χ1n) is 6.70. The number of carbonyl (C=O) groups excluding carboxylic acids is 1. The van der Waals surface area contributed by atoms with Crippen molar-refractivity contribution in [2.24, 2.45) is 0 Å². The molecular weight excluding hydrogens is 302 g/mol. The van der Waals surface area contributed by atoms with Crippen molar-refractivity contribution in [2.75, 3.05) is 5.32 Å². The molecule has 0 aliphatic heterocycles. The highest BCUT2D eigenvalue weighted by molar-refractivity contribution is 5.93. The van der Waals surface area contributed by atoms with E-state index in [0.717, 1.165) is 0 Å². The SMILES string of the molecule is O=C(O)Cc1cccc(NC(=O)Cc2ccc(O)c(O)c2O)c1. The monoisotopic (exact) mass is 317 g/mol. The van der Waals surface area contributed by atoms with Crippen molar-refractivity contribution in [3.8, 4) is 17.2 Å². The van der Waals surface area contributed by atoms with Crippen molar-refractivity contribution in [3.63, 3.8) is 0 Å². The van der Waals surface area contributed by atoms with Gasteiger partial charge in [0.05, 0.1) is 12.8 Å². The maximum atomic E-state index is 12.0. The summed E-state index contributed by atoms with van der Waals surface area (Å²) in [5.41, 5.74) is 1.12. The van der Waals surface area contributed by atoms with E-state index < -0.39 is 29.1 Å². The number of aromatic hydroxyl groups is 3. The van der Waals surface area contributed by atoms with E-state index >= 15 is 0 Å². The Morgan fingerprint density at radius 2 is 1.70 bits per heavy atom. The van der Waals surface area contributed by atoms with Crippen LogP contribution in [0.15, 0.2) is 36.4 Å². The van der Waals surface area contributed by atoms with Gasteiger partial charge in [0.1, 0.15) is 0 Å². The first kappa shape index (κ1) is 16.2. The largest absolute Gasteiger partial charge is 0.504 e. The summed E-state index contributed by atoms with van der Waals surface area (Å²) in [6.07, 6.45) is -0.376. The second-order valence-electron chi connectivity index (χ2n) is 4.94. The molecule has 0 saturated heterocycles. The van der Waals surface area contributed by atoms with Crippen LogP contribution in [0, 0.1) is 0 Å². The van der Waals surface area contributed by atoms with Gasteiger partial charge in [-0.2, -0.15) is 0 Å². The number of nitrogens with one attached hydrogen (secondary N) is 1. The van der Waals surface area contributed by atoms with E-state index in [1.807, 2.05) is 0 Å². The Balaban J connectivity index is 2.08. The highest BCUT2D eigenvalue weighted by Gasteiger charge is 2.14. The molecule has 0 unspecified atom stereocenters. The van der Waals surface area contributed by atoms with Gasteiger partial charge in [0.15, 0.2) is 11.5 Å². The average molecular weight is 317 g/mol. The zero-order valence-electron chi connectivity index (χ0n) is 12.0. The third-order valence-corrected chi connectivity index (χ3v) is 3.13. The van der Waals surface area contributed by atoms with Gasteiger partial charge in [0, 0.05) is 11.3 Å². The second kappa shape index (κ2) is 6.69. The van der Waals surface area contributed by atoms with Crippen LogP contribution in [-0.2, 0) is 22.4 Å². The summed E-state index contributed by atoms with van der Waals surface area (Å²) >= 11 is 0. The van der Waals surface area contributed by atoms with E-state index in [1.54, 1.807) is 24.3 Å². The van der Waals surface area contributed by atoms with E-state index in [2.05, 4.69) is 5.32 Å². The molecule has 2 aromatic carbocycles. The van der Waals surface area contributed by atoms with Gasteiger partial charge < -0.3 is 25.7 Å². The molecule has 0 aliphatic rings. The maximum Gasteiger partial charge on any atom is 0.307 e.